The molecule has 2 aliphatic rings. The second kappa shape index (κ2) is 10.9. The lowest BCUT2D eigenvalue weighted by Crippen LogP contribution is -2.40. The largest absolute Gasteiger partial charge is 0.457 e. The number of hydrogen-bond acceptors (Lipinski definition) is 7. The summed E-state index contributed by atoms with van der Waals surface area (Å²) >= 11 is 1.05. The van der Waals surface area contributed by atoms with Gasteiger partial charge in [0.05, 0.1) is 19.6 Å². The van der Waals surface area contributed by atoms with Crippen LogP contribution in [0.4, 0.5) is 0 Å². The summed E-state index contributed by atoms with van der Waals surface area (Å²) in [5.41, 5.74) is 1.79. The van der Waals surface area contributed by atoms with E-state index in [1.54, 1.807) is 6.07 Å². The quantitative estimate of drug-likeness (QED) is 0.412. The first-order valence-electron chi connectivity index (χ1n) is 11.4. The van der Waals surface area contributed by atoms with Gasteiger partial charge < -0.3 is 9.47 Å². The Morgan fingerprint density at radius 3 is 2.39 bits per heavy atom. The lowest BCUT2D eigenvalue weighted by atomic mass is 9.84. The number of ketones is 1. The number of morpholine rings is 1. The predicted octanol–water partition coefficient (Wildman–Crippen LogP) is 3.79. The third kappa shape index (κ3) is 6.09. The zero-order valence-corrected chi connectivity index (χ0v) is 20.2. The first-order valence-corrected chi connectivity index (χ1v) is 13.6. The van der Waals surface area contributed by atoms with Crippen molar-refractivity contribution in [3.05, 3.63) is 52.4 Å². The maximum atomic E-state index is 12.7. The Morgan fingerprint density at radius 1 is 1.00 bits per heavy atom. The number of carbonyl (C=O) groups excluding carboxylic acids is 2. The second-order valence-corrected chi connectivity index (χ2v) is 11.8. The molecule has 7 nitrogen and oxygen atoms in total. The molecule has 0 N–H and O–H groups in total. The molecule has 1 aromatic heterocycles. The number of ether oxygens (including phenoxy) is 2. The molecule has 0 unspecified atom stereocenters. The number of carbonyl (C=O) groups is 2. The molecule has 0 bridgehead atoms. The standard InChI is InChI=1S/C24H29NO6S2/c26-22(20-8-6-19(7-9-20)18-4-2-1-3-5-18)17-31-23(27)16-21-10-11-24(32-21)33(28,29)25-12-14-30-15-13-25/h6-11,18H,1-5,12-17H2. The average Bonchev–Trinajstić information content (AvgIpc) is 3.33. The molecule has 1 aliphatic heterocycles. The Kier molecular flexibility index (Phi) is 7.95. The van der Waals surface area contributed by atoms with Gasteiger partial charge in [-0.05, 0) is 36.5 Å². The van der Waals surface area contributed by atoms with Crippen molar-refractivity contribution in [2.24, 2.45) is 0 Å². The number of thiophene rings is 1. The number of hydrogen-bond donors (Lipinski definition) is 0. The van der Waals surface area contributed by atoms with Crippen molar-refractivity contribution in [2.75, 3.05) is 32.9 Å². The van der Waals surface area contributed by atoms with Crippen molar-refractivity contribution in [3.8, 4) is 0 Å². The minimum Gasteiger partial charge on any atom is -0.457 e. The molecule has 0 spiro atoms. The van der Waals surface area contributed by atoms with Gasteiger partial charge >= 0.3 is 5.97 Å². The van der Waals surface area contributed by atoms with Crippen LogP contribution < -0.4 is 0 Å². The van der Waals surface area contributed by atoms with Crippen LogP contribution in [0.15, 0.2) is 40.6 Å². The zero-order valence-electron chi connectivity index (χ0n) is 18.5. The Balaban J connectivity index is 1.27. The minimum absolute atomic E-state index is 0.0722. The number of sulfonamides is 1. The van der Waals surface area contributed by atoms with Crippen molar-refractivity contribution >= 4 is 33.1 Å². The normalized spacial score (nSPS) is 18.2. The first-order chi connectivity index (χ1) is 15.9. The number of benzene rings is 1. The van der Waals surface area contributed by atoms with Crippen LogP contribution in [-0.2, 0) is 30.7 Å². The average molecular weight is 492 g/mol. The molecule has 1 saturated carbocycles. The SMILES string of the molecule is O=C(Cc1ccc(S(=O)(=O)N2CCOCC2)s1)OCC(=O)c1ccc(C2CCCCC2)cc1. The van der Waals surface area contributed by atoms with E-state index in [4.69, 9.17) is 9.47 Å². The monoisotopic (exact) mass is 491 g/mol. The Bertz CT molecular complexity index is 1060. The van der Waals surface area contributed by atoms with E-state index < -0.39 is 16.0 Å². The van der Waals surface area contributed by atoms with Gasteiger partial charge in [0.25, 0.3) is 10.0 Å². The van der Waals surface area contributed by atoms with E-state index in [-0.39, 0.29) is 23.0 Å². The summed E-state index contributed by atoms with van der Waals surface area (Å²) < 4.78 is 37.4. The summed E-state index contributed by atoms with van der Waals surface area (Å²) in [7, 11) is -3.59. The highest BCUT2D eigenvalue weighted by molar-refractivity contribution is 7.91. The van der Waals surface area contributed by atoms with E-state index in [1.165, 1.54) is 48.0 Å². The molecule has 1 aromatic carbocycles. The van der Waals surface area contributed by atoms with Gasteiger partial charge in [0, 0.05) is 23.5 Å². The summed E-state index contributed by atoms with van der Waals surface area (Å²) in [5.74, 6) is -0.233. The molecule has 2 fully saturated rings. The molecule has 33 heavy (non-hydrogen) atoms. The highest BCUT2D eigenvalue weighted by Crippen LogP contribution is 2.32. The van der Waals surface area contributed by atoms with Gasteiger partial charge in [0.2, 0.25) is 0 Å². The molecule has 0 atom stereocenters. The van der Waals surface area contributed by atoms with Crippen molar-refractivity contribution in [1.82, 2.24) is 4.31 Å². The van der Waals surface area contributed by atoms with Gasteiger partial charge in [-0.3, -0.25) is 9.59 Å². The summed E-state index contributed by atoms with van der Waals surface area (Å²) in [6.07, 6.45) is 6.14. The van der Waals surface area contributed by atoms with Gasteiger partial charge in [-0.15, -0.1) is 11.3 Å². The van der Waals surface area contributed by atoms with Gasteiger partial charge in [-0.1, -0.05) is 43.5 Å². The molecule has 1 saturated heterocycles. The summed E-state index contributed by atoms with van der Waals surface area (Å²) in [4.78, 5) is 25.2. The molecule has 2 aromatic rings. The lowest BCUT2D eigenvalue weighted by molar-refractivity contribution is -0.141. The van der Waals surface area contributed by atoms with Gasteiger partial charge in [0.15, 0.2) is 12.4 Å². The Labute approximate surface area is 198 Å². The van der Waals surface area contributed by atoms with E-state index >= 15 is 0 Å². The number of rotatable bonds is 8. The summed E-state index contributed by atoms with van der Waals surface area (Å²) in [6.45, 7) is 1.07. The molecule has 9 heteroatoms. The smallest absolute Gasteiger partial charge is 0.311 e. The maximum absolute atomic E-state index is 12.7. The molecule has 0 radical (unpaired) electrons. The van der Waals surface area contributed by atoms with E-state index in [9.17, 15) is 18.0 Å². The topological polar surface area (TPSA) is 90.0 Å². The fourth-order valence-electron chi connectivity index (χ4n) is 4.31. The van der Waals surface area contributed by atoms with Crippen LogP contribution in [0, 0.1) is 0 Å². The Morgan fingerprint density at radius 2 is 1.70 bits per heavy atom. The number of nitrogens with zero attached hydrogens (tertiary/aromatic N) is 1. The van der Waals surface area contributed by atoms with Crippen LogP contribution in [0.25, 0.3) is 0 Å². The minimum atomic E-state index is -3.59. The second-order valence-electron chi connectivity index (χ2n) is 8.45. The highest BCUT2D eigenvalue weighted by atomic mass is 32.2. The number of esters is 1. The molecule has 0 amide bonds. The van der Waals surface area contributed by atoms with Crippen LogP contribution in [0.3, 0.4) is 0 Å². The van der Waals surface area contributed by atoms with E-state index in [1.807, 2.05) is 24.3 Å². The fraction of sp³-hybridized carbons (Fsp3) is 0.500. The van der Waals surface area contributed by atoms with Gasteiger partial charge in [-0.25, -0.2) is 8.42 Å². The fourth-order valence-corrected chi connectivity index (χ4v) is 7.21. The summed E-state index contributed by atoms with van der Waals surface area (Å²) in [6, 6.07) is 10.8. The van der Waals surface area contributed by atoms with E-state index in [2.05, 4.69) is 0 Å². The molecular weight excluding hydrogens is 462 g/mol. The lowest BCUT2D eigenvalue weighted by Gasteiger charge is -2.25. The maximum Gasteiger partial charge on any atom is 0.311 e. The van der Waals surface area contributed by atoms with Crippen LogP contribution in [0.5, 0.6) is 0 Å². The number of Topliss-reactive ketones (excluding diaryl/α,β-unsaturated/α-hetero) is 1. The van der Waals surface area contributed by atoms with Gasteiger partial charge in [0.1, 0.15) is 4.21 Å². The van der Waals surface area contributed by atoms with Crippen LogP contribution in [-0.4, -0.2) is 57.4 Å². The van der Waals surface area contributed by atoms with E-state index in [0.717, 1.165) is 11.3 Å². The van der Waals surface area contributed by atoms with Crippen molar-refractivity contribution in [3.63, 3.8) is 0 Å². The molecule has 2 heterocycles. The van der Waals surface area contributed by atoms with Crippen molar-refractivity contribution < 1.29 is 27.5 Å². The van der Waals surface area contributed by atoms with Crippen molar-refractivity contribution in [2.45, 2.75) is 48.7 Å². The highest BCUT2D eigenvalue weighted by Gasteiger charge is 2.28. The third-order valence-electron chi connectivity index (χ3n) is 6.19. The third-order valence-corrected chi connectivity index (χ3v) is 9.64. The van der Waals surface area contributed by atoms with E-state index in [0.29, 0.717) is 42.7 Å². The van der Waals surface area contributed by atoms with Crippen molar-refractivity contribution in [1.29, 1.82) is 0 Å². The molecule has 178 valence electrons. The Hall–Kier alpha value is -2.07. The zero-order chi connectivity index (χ0) is 23.3. The van der Waals surface area contributed by atoms with Crippen LogP contribution in [0.1, 0.15) is 58.8 Å². The predicted molar refractivity (Wildman–Crippen MR) is 125 cm³/mol. The molecule has 4 rings (SSSR count). The van der Waals surface area contributed by atoms with Gasteiger partial charge in [-0.2, -0.15) is 4.31 Å². The van der Waals surface area contributed by atoms with Crippen LogP contribution >= 0.6 is 11.3 Å². The van der Waals surface area contributed by atoms with Crippen LogP contribution in [0.2, 0.25) is 0 Å². The first kappa shape index (κ1) is 24.1. The molecule has 1 aliphatic carbocycles. The summed E-state index contributed by atoms with van der Waals surface area (Å²) in [5, 5.41) is 0. The molecular formula is C24H29NO6S2.